The average Bonchev–Trinajstić information content (AvgIpc) is 3.11. The number of likely N-dealkylation sites (tertiary alicyclic amines) is 1. The van der Waals surface area contributed by atoms with E-state index in [1.54, 1.807) is 0 Å². The number of carbonyl (C=O) groups excluding carboxylic acids is 1. The van der Waals surface area contributed by atoms with Gasteiger partial charge in [-0.2, -0.15) is 0 Å². The van der Waals surface area contributed by atoms with Crippen molar-refractivity contribution in [1.29, 1.82) is 0 Å². The highest BCUT2D eigenvalue weighted by molar-refractivity contribution is 6.30. The van der Waals surface area contributed by atoms with Crippen molar-refractivity contribution < 1.29 is 14.3 Å². The predicted octanol–water partition coefficient (Wildman–Crippen LogP) is 6.34. The number of hydrogen-bond acceptors (Lipinski definition) is 4. The van der Waals surface area contributed by atoms with Gasteiger partial charge in [0.1, 0.15) is 18.2 Å². The van der Waals surface area contributed by atoms with Gasteiger partial charge in [0.05, 0.1) is 0 Å². The van der Waals surface area contributed by atoms with Crippen LogP contribution in [0.3, 0.4) is 0 Å². The lowest BCUT2D eigenvalue weighted by atomic mass is 9.84. The quantitative estimate of drug-likeness (QED) is 0.508. The molecule has 0 spiro atoms. The second kappa shape index (κ2) is 9.72. The third kappa shape index (κ3) is 5.05. The summed E-state index contributed by atoms with van der Waals surface area (Å²) in [6.45, 7) is 11.8. The van der Waals surface area contributed by atoms with E-state index in [1.807, 2.05) is 35.2 Å². The van der Waals surface area contributed by atoms with Gasteiger partial charge in [-0.05, 0) is 41.7 Å². The van der Waals surface area contributed by atoms with Gasteiger partial charge < -0.3 is 14.4 Å². The first kappa shape index (κ1) is 22.9. The number of carbonyl (C=O) groups is 1. The Bertz CT molecular complexity index is 952. The van der Waals surface area contributed by atoms with E-state index >= 15 is 0 Å². The summed E-state index contributed by atoms with van der Waals surface area (Å²) in [5, 5.41) is 0.708. The lowest BCUT2D eigenvalue weighted by Crippen LogP contribution is -2.39. The van der Waals surface area contributed by atoms with Gasteiger partial charge in [-0.1, -0.05) is 57.5 Å². The van der Waals surface area contributed by atoms with Crippen LogP contribution in [-0.4, -0.2) is 48.8 Å². The molecule has 1 saturated heterocycles. The molecule has 0 aliphatic carbocycles. The minimum Gasteiger partial charge on any atom is -0.457 e. The van der Waals surface area contributed by atoms with Crippen LogP contribution < -0.4 is 4.74 Å². The van der Waals surface area contributed by atoms with Crippen molar-refractivity contribution in [2.24, 2.45) is 11.8 Å². The maximum absolute atomic E-state index is 12.8. The molecule has 1 amide bonds. The zero-order chi connectivity index (χ0) is 22.8. The van der Waals surface area contributed by atoms with E-state index in [2.05, 4.69) is 44.7 Å². The molecule has 0 saturated carbocycles. The van der Waals surface area contributed by atoms with Crippen LogP contribution in [0.25, 0.3) is 0 Å². The van der Waals surface area contributed by atoms with Crippen LogP contribution in [-0.2, 0) is 4.74 Å². The molecule has 32 heavy (non-hydrogen) atoms. The number of hydrogen-bond donors (Lipinski definition) is 0. The monoisotopic (exact) mass is 456 g/mol. The molecule has 0 aromatic heterocycles. The van der Waals surface area contributed by atoms with Gasteiger partial charge in [-0.3, -0.25) is 4.90 Å². The minimum absolute atomic E-state index is 0.230. The van der Waals surface area contributed by atoms with Crippen LogP contribution in [0, 0.1) is 11.8 Å². The molecule has 2 atom stereocenters. The molecule has 5 nitrogen and oxygen atoms in total. The van der Waals surface area contributed by atoms with Crippen LogP contribution in [0.5, 0.6) is 11.5 Å². The Morgan fingerprint density at radius 3 is 2.34 bits per heavy atom. The van der Waals surface area contributed by atoms with Gasteiger partial charge >= 0.3 is 6.09 Å². The average molecular weight is 457 g/mol. The molecule has 2 unspecified atom stereocenters. The Morgan fingerprint density at radius 2 is 1.66 bits per heavy atom. The highest BCUT2D eigenvalue weighted by atomic mass is 35.5. The maximum Gasteiger partial charge on any atom is 0.411 e. The molecule has 2 aromatic carbocycles. The summed E-state index contributed by atoms with van der Waals surface area (Å²) in [7, 11) is 0. The van der Waals surface area contributed by atoms with Crippen molar-refractivity contribution in [2.75, 3.05) is 32.9 Å². The van der Waals surface area contributed by atoms with Crippen LogP contribution >= 0.6 is 11.6 Å². The summed E-state index contributed by atoms with van der Waals surface area (Å²) in [5.41, 5.74) is 2.31. The van der Waals surface area contributed by atoms with Crippen molar-refractivity contribution in [3.63, 3.8) is 0 Å². The molecule has 2 aliphatic heterocycles. The molecule has 4 rings (SSSR count). The topological polar surface area (TPSA) is 42.0 Å². The van der Waals surface area contributed by atoms with Crippen molar-refractivity contribution in [3.8, 4) is 11.5 Å². The first-order valence-electron chi connectivity index (χ1n) is 11.5. The fourth-order valence-electron chi connectivity index (χ4n) is 4.86. The number of nitrogens with zero attached hydrogens (tertiary/aromatic N) is 2. The number of rotatable bonds is 6. The normalized spacial score (nSPS) is 19.7. The Balaban J connectivity index is 1.51. The van der Waals surface area contributed by atoms with Crippen molar-refractivity contribution >= 4 is 17.7 Å². The van der Waals surface area contributed by atoms with E-state index in [0.29, 0.717) is 29.9 Å². The van der Waals surface area contributed by atoms with E-state index < -0.39 is 0 Å². The van der Waals surface area contributed by atoms with Crippen molar-refractivity contribution in [1.82, 2.24) is 9.80 Å². The molecule has 0 bridgehead atoms. The number of fused-ring (bicyclic) bond motifs is 5. The summed E-state index contributed by atoms with van der Waals surface area (Å²) >= 11 is 6.34. The maximum atomic E-state index is 12.8. The Morgan fingerprint density at radius 1 is 1.03 bits per heavy atom. The summed E-state index contributed by atoms with van der Waals surface area (Å²) in [5.74, 6) is 3.03. The third-order valence-corrected chi connectivity index (χ3v) is 6.34. The lowest BCUT2D eigenvalue weighted by Gasteiger charge is -2.27. The molecule has 0 radical (unpaired) electrons. The van der Waals surface area contributed by atoms with E-state index in [1.165, 1.54) is 5.56 Å². The molecule has 2 aliphatic rings. The first-order valence-corrected chi connectivity index (χ1v) is 11.9. The first-order chi connectivity index (χ1) is 15.3. The minimum atomic E-state index is -0.230. The molecule has 2 heterocycles. The van der Waals surface area contributed by atoms with E-state index in [-0.39, 0.29) is 24.7 Å². The summed E-state index contributed by atoms with van der Waals surface area (Å²) in [4.78, 5) is 16.9. The summed E-state index contributed by atoms with van der Waals surface area (Å²) < 4.78 is 12.0. The van der Waals surface area contributed by atoms with Crippen LogP contribution in [0.2, 0.25) is 5.02 Å². The number of amides is 1. The molecule has 0 N–H and O–H groups in total. The Labute approximate surface area is 196 Å². The molecular weight excluding hydrogens is 424 g/mol. The van der Waals surface area contributed by atoms with E-state index in [0.717, 1.165) is 30.2 Å². The third-order valence-electron chi connectivity index (χ3n) is 6.11. The molecule has 2 aromatic rings. The van der Waals surface area contributed by atoms with Crippen molar-refractivity contribution in [3.05, 3.63) is 58.6 Å². The van der Waals surface area contributed by atoms with Gasteiger partial charge in [-0.15, -0.1) is 0 Å². The fourth-order valence-corrected chi connectivity index (χ4v) is 5.04. The largest absolute Gasteiger partial charge is 0.457 e. The van der Waals surface area contributed by atoms with Crippen LogP contribution in [0.15, 0.2) is 42.5 Å². The van der Waals surface area contributed by atoms with Gasteiger partial charge in [-0.25, -0.2) is 4.79 Å². The van der Waals surface area contributed by atoms with Crippen LogP contribution in [0.1, 0.15) is 50.7 Å². The Hall–Kier alpha value is -2.24. The number of halogens is 1. The van der Waals surface area contributed by atoms with Crippen LogP contribution in [0.4, 0.5) is 4.79 Å². The lowest BCUT2D eigenvalue weighted by molar-refractivity contribution is 0.0476. The van der Waals surface area contributed by atoms with E-state index in [4.69, 9.17) is 21.1 Å². The summed E-state index contributed by atoms with van der Waals surface area (Å²) in [6.07, 6.45) is -0.230. The highest BCUT2D eigenvalue weighted by Gasteiger charge is 2.40. The second-order valence-electron chi connectivity index (χ2n) is 9.80. The zero-order valence-corrected chi connectivity index (χ0v) is 20.1. The standard InChI is InChI=1S/C26H33ClN2O3/c1-17(2)12-29(13-18(3)4)26(30)31-16-28-14-22-20-7-5-6-8-24(20)32-25-10-9-19(27)11-21(25)23(22)15-28/h5-11,17-18,22-23H,12-16H2,1-4H3. The summed E-state index contributed by atoms with van der Waals surface area (Å²) in [6, 6.07) is 14.1. The molecular formula is C26H33ClN2O3. The van der Waals surface area contributed by atoms with Gasteiger partial charge in [0.2, 0.25) is 0 Å². The highest BCUT2D eigenvalue weighted by Crippen LogP contribution is 2.50. The molecule has 6 heteroatoms. The molecule has 172 valence electrons. The van der Waals surface area contributed by atoms with Gasteiger partial charge in [0, 0.05) is 48.6 Å². The van der Waals surface area contributed by atoms with Crippen molar-refractivity contribution in [2.45, 2.75) is 39.5 Å². The van der Waals surface area contributed by atoms with E-state index in [9.17, 15) is 4.79 Å². The fraction of sp³-hybridized carbons (Fsp3) is 0.500. The smallest absolute Gasteiger partial charge is 0.411 e. The molecule has 1 fully saturated rings. The predicted molar refractivity (Wildman–Crippen MR) is 128 cm³/mol. The second-order valence-corrected chi connectivity index (χ2v) is 10.2. The Kier molecular flexibility index (Phi) is 6.96. The van der Waals surface area contributed by atoms with Gasteiger partial charge in [0.15, 0.2) is 0 Å². The SMILES string of the molecule is CC(C)CN(CC(C)C)C(=O)OCN1CC2c3ccccc3Oc3ccc(Cl)cc3C2C1. The number of ether oxygens (including phenoxy) is 2. The number of benzene rings is 2. The number of para-hydroxylation sites is 1. The zero-order valence-electron chi connectivity index (χ0n) is 19.4. The van der Waals surface area contributed by atoms with Gasteiger partial charge in [0.25, 0.3) is 0 Å².